The summed E-state index contributed by atoms with van der Waals surface area (Å²) in [7, 11) is 0. The third kappa shape index (κ3) is 5.56. The second-order valence-corrected chi connectivity index (χ2v) is 9.71. The second-order valence-electron chi connectivity index (χ2n) is 8.01. The zero-order valence-corrected chi connectivity index (χ0v) is 19.8. The lowest BCUT2D eigenvalue weighted by molar-refractivity contribution is 0.233. The van der Waals surface area contributed by atoms with Crippen LogP contribution in [0.1, 0.15) is 5.56 Å². The highest BCUT2D eigenvalue weighted by atomic mass is 35.5. The Bertz CT molecular complexity index is 1130. The van der Waals surface area contributed by atoms with Crippen LogP contribution < -0.4 is 21.1 Å². The summed E-state index contributed by atoms with van der Waals surface area (Å²) in [5.41, 5.74) is 2.22. The van der Waals surface area contributed by atoms with E-state index in [-0.39, 0.29) is 18.0 Å². The van der Waals surface area contributed by atoms with Gasteiger partial charge in [-0.05, 0) is 17.7 Å². The van der Waals surface area contributed by atoms with Crippen LogP contribution in [0.3, 0.4) is 0 Å². The van der Waals surface area contributed by atoms with Crippen molar-refractivity contribution < 1.29 is 4.55 Å². The molecule has 3 N–H and O–H groups in total. The molecule has 176 valence electrons. The van der Waals surface area contributed by atoms with E-state index in [2.05, 4.69) is 47.8 Å². The first-order valence-corrected chi connectivity index (χ1v) is 12.3. The van der Waals surface area contributed by atoms with Crippen molar-refractivity contribution in [2.24, 2.45) is 0 Å². The maximum atomic E-state index is 12.5. The Labute approximate surface area is 200 Å². The molecule has 33 heavy (non-hydrogen) atoms. The standard InChI is InChI=1S/C21H26N8O2S.ClH/c30-20-18-17(13-23-27-20)25-21(29-9-11-32(31)12-10-29)26-19(18)24-16-3-1-15(2-4-16)14-28-7-5-22-6-8-28;/h1-4,13,22H,5-12,14H2,(H,27,30)(H,24,25,26);1H. The Morgan fingerprint density at radius 2 is 1.79 bits per heavy atom. The number of rotatable bonds is 5. The van der Waals surface area contributed by atoms with E-state index in [4.69, 9.17) is 0 Å². The molecule has 5 rings (SSSR count). The van der Waals surface area contributed by atoms with Gasteiger partial charge in [-0.2, -0.15) is 10.1 Å². The van der Waals surface area contributed by atoms with Crippen molar-refractivity contribution in [1.82, 2.24) is 30.4 Å². The second kappa shape index (κ2) is 10.7. The molecular weight excluding hydrogens is 464 g/mol. The number of benzene rings is 1. The molecule has 2 aliphatic rings. The van der Waals surface area contributed by atoms with Crippen molar-refractivity contribution in [1.29, 1.82) is 0 Å². The fraction of sp³-hybridized carbons (Fsp3) is 0.429. The van der Waals surface area contributed by atoms with Crippen LogP contribution in [-0.2, 0) is 17.7 Å². The minimum absolute atomic E-state index is 0. The van der Waals surface area contributed by atoms with Gasteiger partial charge < -0.3 is 20.1 Å². The van der Waals surface area contributed by atoms with Crippen LogP contribution in [0.5, 0.6) is 0 Å². The van der Waals surface area contributed by atoms with E-state index in [1.54, 1.807) is 0 Å². The van der Waals surface area contributed by atoms with Crippen LogP contribution in [0.25, 0.3) is 10.9 Å². The van der Waals surface area contributed by atoms with Gasteiger partial charge in [0.2, 0.25) is 5.95 Å². The molecule has 0 radical (unpaired) electrons. The van der Waals surface area contributed by atoms with Gasteiger partial charge in [-0.1, -0.05) is 23.3 Å². The molecule has 10 nitrogen and oxygen atoms in total. The molecule has 4 heterocycles. The first kappa shape index (κ1) is 23.7. The molecule has 2 saturated heterocycles. The topological polar surface area (TPSA) is 125 Å². The summed E-state index contributed by atoms with van der Waals surface area (Å²) in [4.78, 5) is 26.1. The summed E-state index contributed by atoms with van der Waals surface area (Å²) in [6.45, 7) is 6.32. The van der Waals surface area contributed by atoms with Crippen molar-refractivity contribution in [2.75, 3.05) is 61.0 Å². The monoisotopic (exact) mass is 490 g/mol. The number of piperazine rings is 1. The number of aromatic amines is 1. The molecule has 2 fully saturated rings. The number of aromatic nitrogens is 4. The maximum Gasteiger partial charge on any atom is 0.277 e. The van der Waals surface area contributed by atoms with Crippen molar-refractivity contribution in [3.8, 4) is 0 Å². The molecule has 12 heteroatoms. The average Bonchev–Trinajstić information content (AvgIpc) is 2.81. The van der Waals surface area contributed by atoms with Gasteiger partial charge in [-0.3, -0.25) is 9.69 Å². The fourth-order valence-corrected chi connectivity index (χ4v) is 5.07. The van der Waals surface area contributed by atoms with Gasteiger partial charge in [-0.15, -0.1) is 12.4 Å². The predicted octanol–water partition coefficient (Wildman–Crippen LogP) is 0.852. The number of halogens is 1. The van der Waals surface area contributed by atoms with Crippen LogP contribution in [0.4, 0.5) is 17.5 Å². The average molecular weight is 491 g/mol. The Morgan fingerprint density at radius 1 is 1.06 bits per heavy atom. The number of H-pyrrole nitrogens is 1. The SMILES string of the molecule is Cl.O=c1[nH]ncc2nc(N3CC[S+]([O-])CC3)nc(Nc3ccc(CN4CCNCC4)cc3)c12. The molecule has 0 saturated carbocycles. The molecule has 0 spiro atoms. The molecule has 1 aromatic carbocycles. The van der Waals surface area contributed by atoms with E-state index >= 15 is 0 Å². The Morgan fingerprint density at radius 3 is 2.52 bits per heavy atom. The third-order valence-electron chi connectivity index (χ3n) is 5.80. The molecule has 2 aromatic heterocycles. The van der Waals surface area contributed by atoms with E-state index in [1.165, 1.54) is 11.8 Å². The summed E-state index contributed by atoms with van der Waals surface area (Å²) >= 11 is -0.795. The third-order valence-corrected chi connectivity index (χ3v) is 7.07. The minimum atomic E-state index is -0.795. The minimum Gasteiger partial charge on any atom is -0.616 e. The van der Waals surface area contributed by atoms with Crippen molar-refractivity contribution in [2.45, 2.75) is 6.54 Å². The lowest BCUT2D eigenvalue weighted by Gasteiger charge is -2.28. The van der Waals surface area contributed by atoms with Crippen LogP contribution >= 0.6 is 12.4 Å². The number of nitrogens with one attached hydrogen (secondary N) is 3. The highest BCUT2D eigenvalue weighted by Gasteiger charge is 2.23. The van der Waals surface area contributed by atoms with E-state index in [0.29, 0.717) is 47.3 Å². The van der Waals surface area contributed by atoms with Crippen LogP contribution in [0.2, 0.25) is 0 Å². The zero-order valence-electron chi connectivity index (χ0n) is 18.1. The van der Waals surface area contributed by atoms with Gasteiger partial charge in [0.1, 0.15) is 28.2 Å². The summed E-state index contributed by atoms with van der Waals surface area (Å²) < 4.78 is 11.7. The first-order valence-electron chi connectivity index (χ1n) is 10.8. The summed E-state index contributed by atoms with van der Waals surface area (Å²) in [6.07, 6.45) is 1.53. The van der Waals surface area contributed by atoms with Gasteiger partial charge in [0.25, 0.3) is 5.56 Å². The molecule has 3 aromatic rings. The van der Waals surface area contributed by atoms with Crippen LogP contribution in [0.15, 0.2) is 35.3 Å². The van der Waals surface area contributed by atoms with Gasteiger partial charge in [0.05, 0.1) is 19.3 Å². The van der Waals surface area contributed by atoms with Crippen molar-refractivity contribution >= 4 is 51.9 Å². The Hall–Kier alpha value is -2.44. The molecule has 0 atom stereocenters. The van der Waals surface area contributed by atoms with Crippen molar-refractivity contribution in [3.05, 3.63) is 46.4 Å². The van der Waals surface area contributed by atoms with Crippen molar-refractivity contribution in [3.63, 3.8) is 0 Å². The molecular formula is C21H27ClN8O2S. The summed E-state index contributed by atoms with van der Waals surface area (Å²) in [6, 6.07) is 8.20. The molecule has 0 bridgehead atoms. The van der Waals surface area contributed by atoms with E-state index in [0.717, 1.165) is 38.4 Å². The van der Waals surface area contributed by atoms with Crippen LogP contribution in [-0.4, -0.2) is 80.4 Å². The van der Waals surface area contributed by atoms with Gasteiger partial charge in [0, 0.05) is 38.4 Å². The Kier molecular flexibility index (Phi) is 7.66. The number of nitrogens with zero attached hydrogens (tertiary/aromatic N) is 5. The highest BCUT2D eigenvalue weighted by molar-refractivity contribution is 7.91. The number of hydrogen-bond donors (Lipinski definition) is 3. The van der Waals surface area contributed by atoms with E-state index < -0.39 is 11.2 Å². The number of fused-ring (bicyclic) bond motifs is 1. The predicted molar refractivity (Wildman–Crippen MR) is 133 cm³/mol. The molecule has 2 aliphatic heterocycles. The normalized spacial score (nSPS) is 17.7. The van der Waals surface area contributed by atoms with Gasteiger partial charge >= 0.3 is 0 Å². The number of anilines is 3. The summed E-state index contributed by atoms with van der Waals surface area (Å²) in [5, 5.41) is 13.4. The summed E-state index contributed by atoms with van der Waals surface area (Å²) in [5.74, 6) is 2.13. The molecule has 0 aliphatic carbocycles. The fourth-order valence-electron chi connectivity index (χ4n) is 4.02. The first-order chi connectivity index (χ1) is 15.7. The van der Waals surface area contributed by atoms with Crippen LogP contribution in [0, 0.1) is 0 Å². The lowest BCUT2D eigenvalue weighted by Crippen LogP contribution is -2.42. The molecule has 0 amide bonds. The number of hydrogen-bond acceptors (Lipinski definition) is 9. The quantitative estimate of drug-likeness (QED) is 0.446. The Balaban J connectivity index is 0.00000259. The molecule has 0 unspecified atom stereocenters. The zero-order chi connectivity index (χ0) is 21.9. The van der Waals surface area contributed by atoms with E-state index in [9.17, 15) is 9.35 Å². The highest BCUT2D eigenvalue weighted by Crippen LogP contribution is 2.25. The lowest BCUT2D eigenvalue weighted by atomic mass is 10.2. The van der Waals surface area contributed by atoms with E-state index in [1.807, 2.05) is 17.0 Å². The van der Waals surface area contributed by atoms with Gasteiger partial charge in [-0.25, -0.2) is 10.1 Å². The van der Waals surface area contributed by atoms with Gasteiger partial charge in [0.15, 0.2) is 0 Å². The maximum absolute atomic E-state index is 12.5. The largest absolute Gasteiger partial charge is 0.616 e. The smallest absolute Gasteiger partial charge is 0.277 e.